The van der Waals surface area contributed by atoms with Gasteiger partial charge in [0, 0.05) is 23.6 Å². The maximum Gasteiger partial charge on any atom is 0.138 e. The Morgan fingerprint density at radius 1 is 0.371 bits per heavy atom. The molecule has 1 nitrogen and oxygen atoms in total. The highest BCUT2D eigenvalue weighted by molar-refractivity contribution is 5.93. The van der Waals surface area contributed by atoms with E-state index in [0.29, 0.717) is 0 Å². The fourth-order valence-electron chi connectivity index (χ4n) is 4.83. The van der Waals surface area contributed by atoms with Crippen molar-refractivity contribution in [3.05, 3.63) is 156 Å². The molecule has 0 atom stereocenters. The number of hydrogen-bond acceptors (Lipinski definition) is 1. The van der Waals surface area contributed by atoms with Crippen molar-refractivity contribution in [1.29, 1.82) is 0 Å². The van der Waals surface area contributed by atoms with Gasteiger partial charge in [0.1, 0.15) is 11.5 Å². The summed E-state index contributed by atoms with van der Waals surface area (Å²) in [4.78, 5) is 0. The van der Waals surface area contributed by atoms with Crippen molar-refractivity contribution in [2.24, 2.45) is 0 Å². The van der Waals surface area contributed by atoms with E-state index in [2.05, 4.69) is 133 Å². The van der Waals surface area contributed by atoms with Crippen LogP contribution in [0.1, 0.15) is 22.3 Å². The van der Waals surface area contributed by atoms with Gasteiger partial charge in [-0.15, -0.1) is 0 Å². The standard InChI is InChI=1S/C34H26O/c1-3-11-25(12-4-1)23-29-21-19-27-15-7-9-17-31(27)33(29)35-34-30(24-26-13-5-2-6-14-26)22-20-28-16-8-10-18-32(28)34/h1-22H,23-24H2. The monoisotopic (exact) mass is 450 g/mol. The van der Waals surface area contributed by atoms with Crippen LogP contribution in [0.15, 0.2) is 133 Å². The third-order valence-corrected chi connectivity index (χ3v) is 6.60. The summed E-state index contributed by atoms with van der Waals surface area (Å²) < 4.78 is 7.01. The van der Waals surface area contributed by atoms with Crippen LogP contribution in [0.5, 0.6) is 11.5 Å². The summed E-state index contributed by atoms with van der Waals surface area (Å²) in [6.45, 7) is 0. The highest BCUT2D eigenvalue weighted by atomic mass is 16.5. The van der Waals surface area contributed by atoms with E-state index < -0.39 is 0 Å². The van der Waals surface area contributed by atoms with Crippen molar-refractivity contribution in [1.82, 2.24) is 0 Å². The SMILES string of the molecule is c1ccc(Cc2ccc3ccccc3c2Oc2c(Cc3ccccc3)ccc3ccccc23)cc1. The molecule has 0 N–H and O–H groups in total. The minimum atomic E-state index is 0.819. The van der Waals surface area contributed by atoms with Crippen LogP contribution in [0.2, 0.25) is 0 Å². The third kappa shape index (κ3) is 4.41. The second-order valence-electron chi connectivity index (χ2n) is 8.98. The molecule has 0 aliphatic heterocycles. The van der Waals surface area contributed by atoms with Gasteiger partial charge in [0.2, 0.25) is 0 Å². The summed E-state index contributed by atoms with van der Waals surface area (Å²) in [5, 5.41) is 4.65. The van der Waals surface area contributed by atoms with Gasteiger partial charge >= 0.3 is 0 Å². The Kier molecular flexibility index (Phi) is 5.74. The predicted octanol–water partition coefficient (Wildman–Crippen LogP) is 8.97. The van der Waals surface area contributed by atoms with Gasteiger partial charge in [0.25, 0.3) is 0 Å². The molecule has 0 aliphatic carbocycles. The first kappa shape index (κ1) is 21.2. The molecule has 0 fully saturated rings. The van der Waals surface area contributed by atoms with Crippen molar-refractivity contribution >= 4 is 21.5 Å². The second kappa shape index (κ2) is 9.48. The van der Waals surface area contributed by atoms with Gasteiger partial charge in [0.05, 0.1) is 0 Å². The second-order valence-corrected chi connectivity index (χ2v) is 8.98. The third-order valence-electron chi connectivity index (χ3n) is 6.60. The molecule has 0 aliphatic rings. The van der Waals surface area contributed by atoms with Gasteiger partial charge in [-0.1, -0.05) is 133 Å². The molecule has 0 amide bonds. The topological polar surface area (TPSA) is 9.23 Å². The Morgan fingerprint density at radius 3 is 1.23 bits per heavy atom. The van der Waals surface area contributed by atoms with Crippen molar-refractivity contribution in [3.8, 4) is 11.5 Å². The minimum Gasteiger partial charge on any atom is -0.455 e. The molecule has 35 heavy (non-hydrogen) atoms. The van der Waals surface area contributed by atoms with Crippen molar-refractivity contribution in [2.75, 3.05) is 0 Å². The molecule has 6 aromatic rings. The summed E-state index contributed by atoms with van der Waals surface area (Å²) in [5.74, 6) is 1.88. The van der Waals surface area contributed by atoms with Gasteiger partial charge in [-0.05, 0) is 33.0 Å². The molecule has 0 unspecified atom stereocenters. The molecule has 0 saturated heterocycles. The maximum atomic E-state index is 7.01. The highest BCUT2D eigenvalue weighted by Crippen LogP contribution is 2.40. The normalized spacial score (nSPS) is 11.1. The molecule has 6 rings (SSSR count). The fourth-order valence-corrected chi connectivity index (χ4v) is 4.83. The molecule has 1 heteroatoms. The van der Waals surface area contributed by atoms with Crippen molar-refractivity contribution < 1.29 is 4.74 Å². The van der Waals surface area contributed by atoms with Gasteiger partial charge < -0.3 is 4.74 Å². The van der Waals surface area contributed by atoms with E-state index >= 15 is 0 Å². The van der Waals surface area contributed by atoms with Crippen LogP contribution in [0.4, 0.5) is 0 Å². The lowest BCUT2D eigenvalue weighted by molar-refractivity contribution is 0.483. The quantitative estimate of drug-likeness (QED) is 0.246. The summed E-state index contributed by atoms with van der Waals surface area (Å²) in [6, 6.07) is 47.1. The van der Waals surface area contributed by atoms with Crippen LogP contribution < -0.4 is 4.74 Å². The summed E-state index contributed by atoms with van der Waals surface area (Å²) in [6.07, 6.45) is 1.64. The summed E-state index contributed by atoms with van der Waals surface area (Å²) in [7, 11) is 0. The lowest BCUT2D eigenvalue weighted by Gasteiger charge is -2.19. The summed E-state index contributed by atoms with van der Waals surface area (Å²) in [5.41, 5.74) is 4.92. The zero-order chi connectivity index (χ0) is 23.5. The fraction of sp³-hybridized carbons (Fsp3) is 0.0588. The molecule has 168 valence electrons. The van der Waals surface area contributed by atoms with Crippen LogP contribution in [0.25, 0.3) is 21.5 Å². The molecular formula is C34H26O. The van der Waals surface area contributed by atoms with Gasteiger partial charge in [0.15, 0.2) is 0 Å². The van der Waals surface area contributed by atoms with Crippen molar-refractivity contribution in [3.63, 3.8) is 0 Å². The van der Waals surface area contributed by atoms with Crippen LogP contribution in [-0.2, 0) is 12.8 Å². The molecule has 0 saturated carbocycles. The predicted molar refractivity (Wildman–Crippen MR) is 146 cm³/mol. The molecular weight excluding hydrogens is 424 g/mol. The molecule has 0 heterocycles. The maximum absolute atomic E-state index is 7.01. The van der Waals surface area contributed by atoms with E-state index in [1.165, 1.54) is 33.0 Å². The molecule has 0 bridgehead atoms. The Morgan fingerprint density at radius 2 is 0.771 bits per heavy atom. The Labute approximate surface area is 206 Å². The number of rotatable bonds is 6. The first-order chi connectivity index (χ1) is 17.3. The first-order valence-electron chi connectivity index (χ1n) is 12.1. The first-order valence-corrected chi connectivity index (χ1v) is 12.1. The van der Waals surface area contributed by atoms with Crippen LogP contribution >= 0.6 is 0 Å². The van der Waals surface area contributed by atoms with E-state index in [1.807, 2.05) is 0 Å². The van der Waals surface area contributed by atoms with E-state index in [-0.39, 0.29) is 0 Å². The molecule has 0 radical (unpaired) electrons. The Balaban J connectivity index is 1.52. The number of benzene rings is 6. The minimum absolute atomic E-state index is 0.819. The summed E-state index contributed by atoms with van der Waals surface area (Å²) >= 11 is 0. The highest BCUT2D eigenvalue weighted by Gasteiger charge is 2.16. The molecule has 0 aromatic heterocycles. The number of hydrogen-bond donors (Lipinski definition) is 0. The van der Waals surface area contributed by atoms with Crippen LogP contribution in [0.3, 0.4) is 0 Å². The number of ether oxygens (including phenoxy) is 1. The van der Waals surface area contributed by atoms with Crippen molar-refractivity contribution in [2.45, 2.75) is 12.8 Å². The van der Waals surface area contributed by atoms with E-state index in [4.69, 9.17) is 4.74 Å². The number of fused-ring (bicyclic) bond motifs is 2. The molecule has 6 aromatic carbocycles. The average molecular weight is 451 g/mol. The zero-order valence-corrected chi connectivity index (χ0v) is 19.5. The van der Waals surface area contributed by atoms with Gasteiger partial charge in [-0.3, -0.25) is 0 Å². The Bertz CT molecular complexity index is 1480. The largest absolute Gasteiger partial charge is 0.455 e. The van der Waals surface area contributed by atoms with E-state index in [1.54, 1.807) is 0 Å². The van der Waals surface area contributed by atoms with Gasteiger partial charge in [-0.2, -0.15) is 0 Å². The van der Waals surface area contributed by atoms with E-state index in [9.17, 15) is 0 Å². The lowest BCUT2D eigenvalue weighted by atomic mass is 9.98. The zero-order valence-electron chi connectivity index (χ0n) is 19.5. The lowest BCUT2D eigenvalue weighted by Crippen LogP contribution is -1.99. The van der Waals surface area contributed by atoms with E-state index in [0.717, 1.165) is 35.1 Å². The van der Waals surface area contributed by atoms with Crippen LogP contribution in [-0.4, -0.2) is 0 Å². The Hall–Kier alpha value is -4.36. The smallest absolute Gasteiger partial charge is 0.138 e. The van der Waals surface area contributed by atoms with Crippen LogP contribution in [0, 0.1) is 0 Å². The van der Waals surface area contributed by atoms with Gasteiger partial charge in [-0.25, -0.2) is 0 Å². The molecule has 0 spiro atoms. The average Bonchev–Trinajstić information content (AvgIpc) is 2.92.